The monoisotopic (exact) mass is 415 g/mol. The topological polar surface area (TPSA) is 97.2 Å². The van der Waals surface area contributed by atoms with Crippen molar-refractivity contribution >= 4 is 32.8 Å². The second kappa shape index (κ2) is 8.30. The van der Waals surface area contributed by atoms with Gasteiger partial charge in [0.1, 0.15) is 11.6 Å². The standard InChI is InChI=1S/C20H25N5O3S/c1-5-25-17-8-7-15(29(27,28)24(3)4)12-16(17)22-19(25)10-11-20(26)23-18-9-6-14(2)13-21-18/h6-9,12-13H,5,10-11H2,1-4H3,(H,21,23,26). The minimum absolute atomic E-state index is 0.146. The van der Waals surface area contributed by atoms with E-state index >= 15 is 0 Å². The fraction of sp³-hybridized carbons (Fsp3) is 0.350. The zero-order valence-corrected chi connectivity index (χ0v) is 17.8. The summed E-state index contributed by atoms with van der Waals surface area (Å²) in [6.07, 6.45) is 2.39. The van der Waals surface area contributed by atoms with Crippen LogP contribution in [0, 0.1) is 6.92 Å². The Hall–Kier alpha value is -2.78. The molecule has 0 saturated heterocycles. The number of fused-ring (bicyclic) bond motifs is 1. The Labute approximate surface area is 170 Å². The highest BCUT2D eigenvalue weighted by atomic mass is 32.2. The van der Waals surface area contributed by atoms with E-state index in [9.17, 15) is 13.2 Å². The molecule has 1 aromatic carbocycles. The van der Waals surface area contributed by atoms with Gasteiger partial charge in [-0.15, -0.1) is 0 Å². The smallest absolute Gasteiger partial charge is 0.242 e. The molecule has 8 nitrogen and oxygen atoms in total. The van der Waals surface area contributed by atoms with Crippen LogP contribution < -0.4 is 5.32 Å². The van der Waals surface area contributed by atoms with Gasteiger partial charge in [-0.3, -0.25) is 4.79 Å². The van der Waals surface area contributed by atoms with Crippen LogP contribution in [-0.4, -0.2) is 47.3 Å². The summed E-state index contributed by atoms with van der Waals surface area (Å²) in [5.41, 5.74) is 2.47. The number of anilines is 1. The molecule has 1 amide bonds. The van der Waals surface area contributed by atoms with Crippen LogP contribution in [0.15, 0.2) is 41.4 Å². The quantitative estimate of drug-likeness (QED) is 0.640. The van der Waals surface area contributed by atoms with Gasteiger partial charge in [0.2, 0.25) is 15.9 Å². The largest absolute Gasteiger partial charge is 0.328 e. The van der Waals surface area contributed by atoms with E-state index in [1.807, 2.05) is 24.5 Å². The fourth-order valence-corrected chi connectivity index (χ4v) is 3.97. The molecule has 29 heavy (non-hydrogen) atoms. The maximum atomic E-state index is 12.4. The summed E-state index contributed by atoms with van der Waals surface area (Å²) in [5.74, 6) is 1.11. The first-order chi connectivity index (χ1) is 13.7. The molecule has 2 aromatic heterocycles. The summed E-state index contributed by atoms with van der Waals surface area (Å²) in [6.45, 7) is 4.60. The first-order valence-electron chi connectivity index (χ1n) is 9.36. The van der Waals surface area contributed by atoms with Crippen molar-refractivity contribution in [3.05, 3.63) is 47.9 Å². The SMILES string of the molecule is CCn1c(CCC(=O)Nc2ccc(C)cn2)nc2cc(S(=O)(=O)N(C)C)ccc21. The molecule has 0 spiro atoms. The van der Waals surface area contributed by atoms with Crippen LogP contribution in [-0.2, 0) is 27.8 Å². The van der Waals surface area contributed by atoms with Crippen molar-refractivity contribution in [1.82, 2.24) is 18.8 Å². The number of hydrogen-bond donors (Lipinski definition) is 1. The molecule has 3 aromatic rings. The molecule has 0 aliphatic heterocycles. The highest BCUT2D eigenvalue weighted by Crippen LogP contribution is 2.23. The van der Waals surface area contributed by atoms with Crippen LogP contribution in [0.1, 0.15) is 24.7 Å². The van der Waals surface area contributed by atoms with Crippen LogP contribution >= 0.6 is 0 Å². The first kappa shape index (κ1) is 20.9. The Morgan fingerprint density at radius 3 is 2.59 bits per heavy atom. The van der Waals surface area contributed by atoms with Gasteiger partial charge in [0, 0.05) is 39.7 Å². The number of carbonyl (C=O) groups excluding carboxylic acids is 1. The summed E-state index contributed by atoms with van der Waals surface area (Å²) < 4.78 is 27.9. The van der Waals surface area contributed by atoms with E-state index in [-0.39, 0.29) is 17.2 Å². The molecule has 0 bridgehead atoms. The Morgan fingerprint density at radius 2 is 1.97 bits per heavy atom. The van der Waals surface area contributed by atoms with Crippen molar-refractivity contribution in [3.8, 4) is 0 Å². The Bertz CT molecular complexity index is 1130. The number of nitrogens with zero attached hydrogens (tertiary/aromatic N) is 4. The number of aromatic nitrogens is 3. The summed E-state index contributed by atoms with van der Waals surface area (Å²) in [6, 6.07) is 8.59. The van der Waals surface area contributed by atoms with Crippen LogP contribution in [0.25, 0.3) is 11.0 Å². The summed E-state index contributed by atoms with van der Waals surface area (Å²) in [5, 5.41) is 2.78. The summed E-state index contributed by atoms with van der Waals surface area (Å²) >= 11 is 0. The van der Waals surface area contributed by atoms with Gasteiger partial charge in [-0.2, -0.15) is 0 Å². The maximum absolute atomic E-state index is 12.4. The number of sulfonamides is 1. The van der Waals surface area contributed by atoms with Crippen LogP contribution in [0.2, 0.25) is 0 Å². The van der Waals surface area contributed by atoms with E-state index in [4.69, 9.17) is 0 Å². The number of aryl methyl sites for hydroxylation is 3. The average Bonchev–Trinajstić information content (AvgIpc) is 3.04. The lowest BCUT2D eigenvalue weighted by Gasteiger charge is -2.11. The van der Waals surface area contributed by atoms with Crippen molar-refractivity contribution in [2.75, 3.05) is 19.4 Å². The van der Waals surface area contributed by atoms with E-state index in [2.05, 4.69) is 15.3 Å². The molecule has 9 heteroatoms. The first-order valence-corrected chi connectivity index (χ1v) is 10.8. The molecule has 2 heterocycles. The average molecular weight is 416 g/mol. The molecule has 0 atom stereocenters. The molecule has 0 aliphatic carbocycles. The number of hydrogen-bond acceptors (Lipinski definition) is 5. The highest BCUT2D eigenvalue weighted by molar-refractivity contribution is 7.89. The van der Waals surface area contributed by atoms with Crippen LogP contribution in [0.4, 0.5) is 5.82 Å². The lowest BCUT2D eigenvalue weighted by molar-refractivity contribution is -0.116. The molecule has 0 saturated carbocycles. The van der Waals surface area contributed by atoms with Gasteiger partial charge in [0.15, 0.2) is 0 Å². The number of benzene rings is 1. The predicted molar refractivity (Wildman–Crippen MR) is 112 cm³/mol. The van der Waals surface area contributed by atoms with Crippen LogP contribution in [0.5, 0.6) is 0 Å². The lowest BCUT2D eigenvalue weighted by Crippen LogP contribution is -2.22. The second-order valence-corrected chi connectivity index (χ2v) is 9.13. The predicted octanol–water partition coefficient (Wildman–Crippen LogP) is 2.58. The van der Waals surface area contributed by atoms with Crippen molar-refractivity contribution in [1.29, 1.82) is 0 Å². The van der Waals surface area contributed by atoms with Gasteiger partial charge in [0.05, 0.1) is 15.9 Å². The third-order valence-corrected chi connectivity index (χ3v) is 6.46. The van der Waals surface area contributed by atoms with Crippen molar-refractivity contribution in [2.45, 2.75) is 38.1 Å². The third-order valence-electron chi connectivity index (χ3n) is 4.65. The van der Waals surface area contributed by atoms with Gasteiger partial charge >= 0.3 is 0 Å². The van der Waals surface area contributed by atoms with Gasteiger partial charge in [-0.1, -0.05) is 6.07 Å². The Morgan fingerprint density at radius 1 is 1.21 bits per heavy atom. The number of imidazole rings is 1. The number of pyridine rings is 1. The van der Waals surface area contributed by atoms with E-state index in [0.717, 1.165) is 16.9 Å². The maximum Gasteiger partial charge on any atom is 0.242 e. The Kier molecular flexibility index (Phi) is 5.99. The number of rotatable bonds is 7. The molecule has 3 rings (SSSR count). The molecule has 0 unspecified atom stereocenters. The zero-order chi connectivity index (χ0) is 21.2. The molecule has 0 fully saturated rings. The second-order valence-electron chi connectivity index (χ2n) is 6.98. The van der Waals surface area contributed by atoms with E-state index in [0.29, 0.717) is 24.3 Å². The zero-order valence-electron chi connectivity index (χ0n) is 17.0. The molecule has 0 radical (unpaired) electrons. The van der Waals surface area contributed by atoms with Gasteiger partial charge in [-0.25, -0.2) is 22.7 Å². The highest BCUT2D eigenvalue weighted by Gasteiger charge is 2.19. The minimum Gasteiger partial charge on any atom is -0.328 e. The van der Waals surface area contributed by atoms with Crippen molar-refractivity contribution in [3.63, 3.8) is 0 Å². The molecule has 154 valence electrons. The minimum atomic E-state index is -3.53. The fourth-order valence-electron chi connectivity index (χ4n) is 3.05. The third kappa shape index (κ3) is 4.46. The number of amides is 1. The summed E-state index contributed by atoms with van der Waals surface area (Å²) in [4.78, 5) is 21.2. The van der Waals surface area contributed by atoms with Gasteiger partial charge in [0.25, 0.3) is 0 Å². The Balaban J connectivity index is 1.80. The van der Waals surface area contributed by atoms with Crippen LogP contribution in [0.3, 0.4) is 0 Å². The van der Waals surface area contributed by atoms with Gasteiger partial charge in [-0.05, 0) is 43.7 Å². The number of carbonyl (C=O) groups is 1. The van der Waals surface area contributed by atoms with E-state index in [1.165, 1.54) is 18.4 Å². The van der Waals surface area contributed by atoms with Gasteiger partial charge < -0.3 is 9.88 Å². The number of nitrogens with one attached hydrogen (secondary N) is 1. The summed E-state index contributed by atoms with van der Waals surface area (Å²) in [7, 11) is -0.535. The van der Waals surface area contributed by atoms with E-state index < -0.39 is 10.0 Å². The molecular weight excluding hydrogens is 390 g/mol. The van der Waals surface area contributed by atoms with E-state index in [1.54, 1.807) is 30.5 Å². The molecule has 0 aliphatic rings. The molecular formula is C20H25N5O3S. The lowest BCUT2D eigenvalue weighted by atomic mass is 10.2. The van der Waals surface area contributed by atoms with Crippen molar-refractivity contribution < 1.29 is 13.2 Å². The normalized spacial score (nSPS) is 11.9. The molecule has 1 N–H and O–H groups in total. The van der Waals surface area contributed by atoms with Crippen molar-refractivity contribution in [2.24, 2.45) is 0 Å².